The number of nitrogens with zero attached hydrogens (tertiary/aromatic N) is 1. The predicted molar refractivity (Wildman–Crippen MR) is 101 cm³/mol. The summed E-state index contributed by atoms with van der Waals surface area (Å²) in [5.74, 6) is 0.504. The van der Waals surface area contributed by atoms with Gasteiger partial charge in [-0.05, 0) is 56.2 Å². The second-order valence-corrected chi connectivity index (χ2v) is 8.53. The first-order valence-corrected chi connectivity index (χ1v) is 10.3. The van der Waals surface area contributed by atoms with Gasteiger partial charge in [-0.25, -0.2) is 8.42 Å². The molecule has 0 spiro atoms. The molecule has 0 aliphatic carbocycles. The summed E-state index contributed by atoms with van der Waals surface area (Å²) < 4.78 is 37.4. The van der Waals surface area contributed by atoms with Gasteiger partial charge in [-0.2, -0.15) is 4.31 Å². The lowest BCUT2D eigenvalue weighted by Gasteiger charge is -2.30. The van der Waals surface area contributed by atoms with E-state index in [1.807, 2.05) is 6.92 Å². The van der Waals surface area contributed by atoms with Crippen LogP contribution in [0.15, 0.2) is 53.4 Å². The minimum atomic E-state index is -3.53. The molecule has 0 amide bonds. The van der Waals surface area contributed by atoms with Crippen LogP contribution in [0.5, 0.6) is 11.5 Å². The molecule has 144 valence electrons. The molecule has 3 rings (SSSR count). The van der Waals surface area contributed by atoms with E-state index in [-0.39, 0.29) is 16.8 Å². The lowest BCUT2D eigenvalue weighted by atomic mass is 9.98. The number of piperidine rings is 1. The van der Waals surface area contributed by atoms with Crippen molar-refractivity contribution in [1.29, 1.82) is 0 Å². The van der Waals surface area contributed by atoms with Crippen LogP contribution in [0.1, 0.15) is 18.4 Å². The summed E-state index contributed by atoms with van der Waals surface area (Å²) in [7, 11) is -1.96. The van der Waals surface area contributed by atoms with Gasteiger partial charge in [-0.3, -0.25) is 4.79 Å². The van der Waals surface area contributed by atoms with E-state index >= 15 is 0 Å². The van der Waals surface area contributed by atoms with E-state index in [1.165, 1.54) is 4.31 Å². The highest BCUT2D eigenvalue weighted by atomic mass is 32.2. The molecule has 1 saturated heterocycles. The lowest BCUT2D eigenvalue weighted by molar-refractivity contribution is -0.140. The number of esters is 1. The Morgan fingerprint density at radius 3 is 2.07 bits per heavy atom. The third kappa shape index (κ3) is 4.48. The van der Waals surface area contributed by atoms with Gasteiger partial charge in [0.2, 0.25) is 10.0 Å². The normalized spacial score (nSPS) is 16.1. The fourth-order valence-electron chi connectivity index (χ4n) is 3.03. The van der Waals surface area contributed by atoms with Crippen LogP contribution in [-0.2, 0) is 14.8 Å². The second-order valence-electron chi connectivity index (χ2n) is 6.59. The van der Waals surface area contributed by atoms with Crippen LogP contribution >= 0.6 is 0 Å². The topological polar surface area (TPSA) is 72.9 Å². The Morgan fingerprint density at radius 2 is 1.52 bits per heavy atom. The number of methoxy groups -OCH3 is 1. The summed E-state index contributed by atoms with van der Waals surface area (Å²) in [4.78, 5) is 12.6. The first kappa shape index (κ1) is 19.4. The van der Waals surface area contributed by atoms with Crippen molar-refractivity contribution in [2.75, 3.05) is 20.2 Å². The molecule has 27 heavy (non-hydrogen) atoms. The average Bonchev–Trinajstić information content (AvgIpc) is 2.69. The molecule has 1 heterocycles. The van der Waals surface area contributed by atoms with E-state index < -0.39 is 10.0 Å². The van der Waals surface area contributed by atoms with Crippen molar-refractivity contribution in [1.82, 2.24) is 4.31 Å². The molecule has 0 radical (unpaired) electrons. The van der Waals surface area contributed by atoms with Crippen LogP contribution in [0.4, 0.5) is 0 Å². The molecule has 0 atom stereocenters. The van der Waals surface area contributed by atoms with Crippen molar-refractivity contribution in [3.63, 3.8) is 0 Å². The minimum Gasteiger partial charge on any atom is -0.497 e. The third-order valence-electron chi connectivity index (χ3n) is 4.72. The van der Waals surface area contributed by atoms with Crippen molar-refractivity contribution < 1.29 is 22.7 Å². The van der Waals surface area contributed by atoms with Gasteiger partial charge in [0, 0.05) is 13.1 Å². The van der Waals surface area contributed by atoms with E-state index in [1.54, 1.807) is 55.6 Å². The van der Waals surface area contributed by atoms with Gasteiger partial charge >= 0.3 is 5.97 Å². The van der Waals surface area contributed by atoms with Gasteiger partial charge in [0.1, 0.15) is 11.5 Å². The van der Waals surface area contributed by atoms with Crippen molar-refractivity contribution in [3.8, 4) is 11.5 Å². The maximum atomic E-state index is 12.7. The van der Waals surface area contributed by atoms with Crippen molar-refractivity contribution >= 4 is 16.0 Å². The van der Waals surface area contributed by atoms with Gasteiger partial charge in [0.25, 0.3) is 0 Å². The SMILES string of the molecule is COc1ccc(OC(=O)C2CCN(S(=O)(=O)c3ccc(C)cc3)CC2)cc1. The molecule has 1 aliphatic rings. The molecule has 0 N–H and O–H groups in total. The van der Waals surface area contributed by atoms with Crippen LogP contribution < -0.4 is 9.47 Å². The molecule has 6 nitrogen and oxygen atoms in total. The smallest absolute Gasteiger partial charge is 0.314 e. The highest BCUT2D eigenvalue weighted by Crippen LogP contribution is 2.26. The number of aryl methyl sites for hydroxylation is 1. The Hall–Kier alpha value is -2.38. The second kappa shape index (κ2) is 8.10. The first-order chi connectivity index (χ1) is 12.9. The molecular formula is C20H23NO5S. The van der Waals surface area contributed by atoms with Crippen molar-refractivity contribution in [3.05, 3.63) is 54.1 Å². The Kier molecular flexibility index (Phi) is 5.82. The van der Waals surface area contributed by atoms with Crippen LogP contribution in [0.2, 0.25) is 0 Å². The molecule has 1 fully saturated rings. The molecule has 2 aromatic rings. The molecule has 0 unspecified atom stereocenters. The number of carbonyl (C=O) groups is 1. The zero-order valence-electron chi connectivity index (χ0n) is 15.4. The number of hydrogen-bond acceptors (Lipinski definition) is 5. The van der Waals surface area contributed by atoms with Crippen LogP contribution in [0, 0.1) is 12.8 Å². The standard InChI is InChI=1S/C20H23NO5S/c1-15-3-9-19(10-4-15)27(23,24)21-13-11-16(12-14-21)20(22)26-18-7-5-17(25-2)6-8-18/h3-10,16H,11-14H2,1-2H3. The number of benzene rings is 2. The Morgan fingerprint density at radius 1 is 0.963 bits per heavy atom. The number of rotatable bonds is 5. The van der Waals surface area contributed by atoms with Crippen LogP contribution in [-0.4, -0.2) is 38.9 Å². The Labute approximate surface area is 159 Å². The number of ether oxygens (including phenoxy) is 2. The monoisotopic (exact) mass is 389 g/mol. The Bertz CT molecular complexity index is 883. The molecule has 1 aliphatic heterocycles. The summed E-state index contributed by atoms with van der Waals surface area (Å²) >= 11 is 0. The van der Waals surface area contributed by atoms with Crippen LogP contribution in [0.3, 0.4) is 0 Å². The average molecular weight is 389 g/mol. The molecule has 0 saturated carbocycles. The van der Waals surface area contributed by atoms with Gasteiger partial charge in [-0.15, -0.1) is 0 Å². The van der Waals surface area contributed by atoms with Gasteiger partial charge in [0.15, 0.2) is 0 Å². The van der Waals surface area contributed by atoms with E-state index in [9.17, 15) is 13.2 Å². The van der Waals surface area contributed by atoms with E-state index in [4.69, 9.17) is 9.47 Å². The molecule has 0 bridgehead atoms. The first-order valence-electron chi connectivity index (χ1n) is 8.83. The fourth-order valence-corrected chi connectivity index (χ4v) is 4.50. The highest BCUT2D eigenvalue weighted by molar-refractivity contribution is 7.89. The maximum absolute atomic E-state index is 12.7. The number of sulfonamides is 1. The summed E-state index contributed by atoms with van der Waals surface area (Å²) in [5.41, 5.74) is 1.01. The number of carbonyl (C=O) groups excluding carboxylic acids is 1. The van der Waals surface area contributed by atoms with Gasteiger partial charge in [-0.1, -0.05) is 17.7 Å². The summed E-state index contributed by atoms with van der Waals surface area (Å²) in [5, 5.41) is 0. The lowest BCUT2D eigenvalue weighted by Crippen LogP contribution is -2.41. The Balaban J connectivity index is 1.59. The van der Waals surface area contributed by atoms with Crippen LogP contribution in [0.25, 0.3) is 0 Å². The highest BCUT2D eigenvalue weighted by Gasteiger charge is 2.32. The zero-order chi connectivity index (χ0) is 19.4. The number of hydrogen-bond donors (Lipinski definition) is 0. The van der Waals surface area contributed by atoms with Crippen molar-refractivity contribution in [2.24, 2.45) is 5.92 Å². The zero-order valence-corrected chi connectivity index (χ0v) is 16.2. The molecule has 2 aromatic carbocycles. The van der Waals surface area contributed by atoms with Gasteiger partial charge < -0.3 is 9.47 Å². The largest absolute Gasteiger partial charge is 0.497 e. The van der Waals surface area contributed by atoms with E-state index in [0.29, 0.717) is 37.4 Å². The van der Waals surface area contributed by atoms with E-state index in [0.717, 1.165) is 5.56 Å². The predicted octanol–water partition coefficient (Wildman–Crippen LogP) is 3.01. The van der Waals surface area contributed by atoms with Crippen molar-refractivity contribution in [2.45, 2.75) is 24.7 Å². The quantitative estimate of drug-likeness (QED) is 0.581. The summed E-state index contributed by atoms with van der Waals surface area (Å²) in [6, 6.07) is 13.6. The maximum Gasteiger partial charge on any atom is 0.314 e. The third-order valence-corrected chi connectivity index (χ3v) is 6.64. The fraction of sp³-hybridized carbons (Fsp3) is 0.350. The molecule has 0 aromatic heterocycles. The molecular weight excluding hydrogens is 366 g/mol. The minimum absolute atomic E-state index is 0.285. The van der Waals surface area contributed by atoms with Gasteiger partial charge in [0.05, 0.1) is 17.9 Å². The summed E-state index contributed by atoms with van der Waals surface area (Å²) in [6.07, 6.45) is 0.889. The summed E-state index contributed by atoms with van der Waals surface area (Å²) in [6.45, 7) is 2.52. The molecule has 7 heteroatoms. The van der Waals surface area contributed by atoms with E-state index in [2.05, 4.69) is 0 Å².